The molecule has 0 amide bonds. The third-order valence-corrected chi connectivity index (χ3v) is 12.5. The summed E-state index contributed by atoms with van der Waals surface area (Å²) in [6.45, 7) is 0.0927. The lowest BCUT2D eigenvalue weighted by Crippen LogP contribution is -2.56. The molecular formula is C54H39BN4. The number of rotatable bonds is 6. The van der Waals surface area contributed by atoms with Crippen LogP contribution in [0.25, 0.3) is 27.5 Å². The Morgan fingerprint density at radius 2 is 1.03 bits per heavy atom. The lowest BCUT2D eigenvalue weighted by molar-refractivity contribution is 0.741. The van der Waals surface area contributed by atoms with Gasteiger partial charge in [-0.2, -0.15) is 0 Å². The van der Waals surface area contributed by atoms with Crippen molar-refractivity contribution in [3.05, 3.63) is 230 Å². The van der Waals surface area contributed by atoms with Gasteiger partial charge < -0.3 is 19.3 Å². The fourth-order valence-electron chi connectivity index (χ4n) is 10.1. The summed E-state index contributed by atoms with van der Waals surface area (Å²) in [5.74, 6) is 0. The fourth-order valence-corrected chi connectivity index (χ4v) is 10.1. The van der Waals surface area contributed by atoms with E-state index in [2.05, 4.69) is 238 Å². The van der Waals surface area contributed by atoms with E-state index in [1.165, 1.54) is 89.4 Å². The first kappa shape index (κ1) is 33.6. The van der Waals surface area contributed by atoms with Crippen LogP contribution in [0.1, 0.15) is 6.42 Å². The average molecular weight is 755 g/mol. The highest BCUT2D eigenvalue weighted by atomic mass is 15.2. The van der Waals surface area contributed by atoms with Crippen molar-refractivity contribution in [3.63, 3.8) is 0 Å². The summed E-state index contributed by atoms with van der Waals surface area (Å²) in [6, 6.07) is 75.2. The zero-order valence-electron chi connectivity index (χ0n) is 32.4. The van der Waals surface area contributed by atoms with Gasteiger partial charge in [-0.15, -0.1) is 0 Å². The normalized spacial score (nSPS) is 15.3. The van der Waals surface area contributed by atoms with Crippen molar-refractivity contribution in [2.75, 3.05) is 14.7 Å². The van der Waals surface area contributed by atoms with E-state index in [9.17, 15) is 0 Å². The van der Waals surface area contributed by atoms with Crippen LogP contribution in [0, 0.1) is 0 Å². The number of aromatic nitrogens is 1. The van der Waals surface area contributed by atoms with E-state index in [0.29, 0.717) is 0 Å². The summed E-state index contributed by atoms with van der Waals surface area (Å²) in [6.07, 6.45) is 5.74. The maximum atomic E-state index is 2.55. The first-order chi connectivity index (χ1) is 29.3. The summed E-state index contributed by atoms with van der Waals surface area (Å²) in [4.78, 5) is 7.56. The van der Waals surface area contributed by atoms with E-state index in [-0.39, 0.29) is 12.8 Å². The van der Waals surface area contributed by atoms with Crippen molar-refractivity contribution >= 4 is 79.3 Å². The predicted octanol–water partition coefficient (Wildman–Crippen LogP) is 12.3. The van der Waals surface area contributed by atoms with Gasteiger partial charge in [0.15, 0.2) is 0 Å². The standard InChI is InChI=1S/C54H39BN4/c1-5-18-38(19-6-1)56(42-33-35-49-45(36-42)44-26-13-15-28-48(44)57(49)39-20-7-2-8-21-39)43-32-34-47-53(37-43)59(41-24-11-4-12-25-41)52-31-17-30-51-54(52)55(47)46-27-14-16-29-50(46)58(51)40-22-9-3-10-23-40/h1-36,43H,37H2. The lowest BCUT2D eigenvalue weighted by atomic mass is 9.32. The molecule has 3 aliphatic rings. The Hall–Kier alpha value is -7.50. The Labute approximate surface area is 344 Å². The summed E-state index contributed by atoms with van der Waals surface area (Å²) < 4.78 is 2.39. The smallest absolute Gasteiger partial charge is 0.251 e. The molecule has 12 rings (SSSR count). The van der Waals surface area contributed by atoms with E-state index in [4.69, 9.17) is 0 Å². The minimum Gasteiger partial charge on any atom is -0.334 e. The zero-order valence-corrected chi connectivity index (χ0v) is 32.4. The zero-order chi connectivity index (χ0) is 38.9. The third kappa shape index (κ3) is 5.25. The molecule has 1 unspecified atom stereocenters. The number of para-hydroxylation sites is 6. The van der Waals surface area contributed by atoms with E-state index in [1.54, 1.807) is 0 Å². The monoisotopic (exact) mass is 754 g/mol. The molecule has 8 aromatic carbocycles. The molecule has 0 bridgehead atoms. The van der Waals surface area contributed by atoms with Gasteiger partial charge in [-0.3, -0.25) is 0 Å². The van der Waals surface area contributed by atoms with Crippen LogP contribution in [-0.2, 0) is 0 Å². The van der Waals surface area contributed by atoms with E-state index in [0.717, 1.165) is 6.42 Å². The highest BCUT2D eigenvalue weighted by molar-refractivity contribution is 6.95. The van der Waals surface area contributed by atoms with Gasteiger partial charge in [0.1, 0.15) is 0 Å². The molecule has 5 heteroatoms. The largest absolute Gasteiger partial charge is 0.334 e. The minimum atomic E-state index is 0.0478. The van der Waals surface area contributed by atoms with Crippen LogP contribution in [0.15, 0.2) is 230 Å². The van der Waals surface area contributed by atoms with Crippen LogP contribution < -0.4 is 25.6 Å². The molecule has 1 aliphatic carbocycles. The highest BCUT2D eigenvalue weighted by Gasteiger charge is 2.45. The Morgan fingerprint density at radius 3 is 1.78 bits per heavy atom. The van der Waals surface area contributed by atoms with Gasteiger partial charge in [0.25, 0.3) is 6.71 Å². The van der Waals surface area contributed by atoms with Crippen LogP contribution in [0.5, 0.6) is 0 Å². The Balaban J connectivity index is 1.04. The van der Waals surface area contributed by atoms with Gasteiger partial charge in [0, 0.05) is 68.4 Å². The van der Waals surface area contributed by atoms with Crippen LogP contribution in [0.2, 0.25) is 0 Å². The summed E-state index contributed by atoms with van der Waals surface area (Å²) in [7, 11) is 0. The molecule has 0 spiro atoms. The Bertz CT molecular complexity index is 3100. The van der Waals surface area contributed by atoms with Crippen molar-refractivity contribution in [2.45, 2.75) is 12.5 Å². The molecule has 0 saturated carbocycles. The fraction of sp³-hybridized carbons (Fsp3) is 0.0370. The molecule has 4 nitrogen and oxygen atoms in total. The van der Waals surface area contributed by atoms with Crippen molar-refractivity contribution < 1.29 is 0 Å². The number of benzene rings is 8. The summed E-state index contributed by atoms with van der Waals surface area (Å²) >= 11 is 0. The molecule has 2 aliphatic heterocycles. The van der Waals surface area contributed by atoms with Crippen LogP contribution in [0.3, 0.4) is 0 Å². The maximum Gasteiger partial charge on any atom is 0.251 e. The van der Waals surface area contributed by atoms with Gasteiger partial charge in [0.2, 0.25) is 0 Å². The molecule has 3 heterocycles. The second kappa shape index (κ2) is 13.6. The SMILES string of the molecule is C1=CC(N(c2ccccc2)c2ccc3c(c2)c2ccccc2n3-c2ccccc2)CC2=C1B1c3ccccc3N(c3ccccc3)c3cccc(c31)N2c1ccccc1. The van der Waals surface area contributed by atoms with Gasteiger partial charge in [-0.05, 0) is 107 Å². The number of hydrogen-bond acceptors (Lipinski definition) is 3. The van der Waals surface area contributed by atoms with E-state index < -0.39 is 0 Å². The first-order valence-electron chi connectivity index (χ1n) is 20.6. The van der Waals surface area contributed by atoms with Crippen LogP contribution in [-0.4, -0.2) is 17.3 Å². The molecule has 0 radical (unpaired) electrons. The Morgan fingerprint density at radius 1 is 0.458 bits per heavy atom. The number of nitrogens with zero attached hydrogens (tertiary/aromatic N) is 4. The number of anilines is 7. The quantitative estimate of drug-likeness (QED) is 0.157. The van der Waals surface area contributed by atoms with Crippen molar-refractivity contribution in [2.24, 2.45) is 0 Å². The number of fused-ring (bicyclic) bond motifs is 6. The van der Waals surface area contributed by atoms with Gasteiger partial charge in [-0.1, -0.05) is 127 Å². The number of hydrogen-bond donors (Lipinski definition) is 0. The molecule has 9 aromatic rings. The summed E-state index contributed by atoms with van der Waals surface area (Å²) in [5.41, 5.74) is 17.3. The maximum absolute atomic E-state index is 2.55. The molecular weight excluding hydrogens is 715 g/mol. The summed E-state index contributed by atoms with van der Waals surface area (Å²) in [5, 5.41) is 2.50. The Kier molecular flexibility index (Phi) is 7.73. The van der Waals surface area contributed by atoms with E-state index >= 15 is 0 Å². The van der Waals surface area contributed by atoms with E-state index in [1.807, 2.05) is 0 Å². The van der Waals surface area contributed by atoms with Crippen LogP contribution >= 0.6 is 0 Å². The third-order valence-electron chi connectivity index (χ3n) is 12.5. The topological polar surface area (TPSA) is 14.7 Å². The molecule has 1 aromatic heterocycles. The predicted molar refractivity (Wildman–Crippen MR) is 249 cm³/mol. The number of allylic oxidation sites excluding steroid dienone is 2. The first-order valence-corrected chi connectivity index (χ1v) is 20.6. The van der Waals surface area contributed by atoms with Gasteiger partial charge in [0.05, 0.1) is 17.1 Å². The van der Waals surface area contributed by atoms with Crippen molar-refractivity contribution in [1.82, 2.24) is 4.57 Å². The molecule has 0 fully saturated rings. The van der Waals surface area contributed by atoms with Gasteiger partial charge in [-0.25, -0.2) is 0 Å². The molecule has 1 atom stereocenters. The van der Waals surface area contributed by atoms with Crippen molar-refractivity contribution in [3.8, 4) is 5.69 Å². The minimum absolute atomic E-state index is 0.0478. The molecule has 0 N–H and O–H groups in total. The molecule has 278 valence electrons. The second-order valence-corrected chi connectivity index (χ2v) is 15.7. The average Bonchev–Trinajstić information content (AvgIpc) is 3.64. The molecule has 0 saturated heterocycles. The second-order valence-electron chi connectivity index (χ2n) is 15.7. The van der Waals surface area contributed by atoms with Crippen LogP contribution in [0.4, 0.5) is 39.8 Å². The van der Waals surface area contributed by atoms with Crippen molar-refractivity contribution in [1.29, 1.82) is 0 Å². The molecule has 59 heavy (non-hydrogen) atoms. The van der Waals surface area contributed by atoms with Gasteiger partial charge >= 0.3 is 0 Å². The highest BCUT2D eigenvalue weighted by Crippen LogP contribution is 2.47. The lowest BCUT2D eigenvalue weighted by Gasteiger charge is -2.47.